The van der Waals surface area contributed by atoms with Crippen molar-refractivity contribution in [2.45, 2.75) is 12.8 Å². The Morgan fingerprint density at radius 3 is 3.00 bits per heavy atom. The molecule has 5 heteroatoms. The third-order valence-corrected chi connectivity index (χ3v) is 4.23. The first-order valence-corrected chi connectivity index (χ1v) is 8.09. The molecule has 22 heavy (non-hydrogen) atoms. The van der Waals surface area contributed by atoms with E-state index < -0.39 is 0 Å². The fraction of sp³-hybridized carbons (Fsp3) is 0.412. The Labute approximate surface area is 137 Å². The number of likely N-dealkylation sites (N-methyl/N-ethyl adjacent to an activating group) is 1. The molecule has 0 saturated carbocycles. The standard InChI is InChI=1S/C17H21N3OS/c1-19-9-4-10-20(12-11-19)16-7-3-8-18-17(16)21-14-5-2-6-15(22)13-14/h2-3,5-8H,4,9-13H2,1H3. The molecule has 116 valence electrons. The van der Waals surface area contributed by atoms with Crippen LogP contribution in [-0.4, -0.2) is 48.0 Å². The topological polar surface area (TPSA) is 28.6 Å². The molecule has 4 nitrogen and oxygen atoms in total. The van der Waals surface area contributed by atoms with Gasteiger partial charge in [0.25, 0.3) is 0 Å². The normalized spacial score (nSPS) is 19.8. The second-order valence-corrected chi connectivity index (χ2v) is 6.23. The summed E-state index contributed by atoms with van der Waals surface area (Å²) in [5.74, 6) is 1.54. The molecule has 0 N–H and O–H groups in total. The van der Waals surface area contributed by atoms with E-state index in [-0.39, 0.29) is 0 Å². The number of hydrogen-bond acceptors (Lipinski definition) is 5. The molecule has 2 aliphatic rings. The van der Waals surface area contributed by atoms with Crippen molar-refractivity contribution in [1.29, 1.82) is 0 Å². The SMILES string of the molecule is CN1CCCN(c2cccnc2OC2=CC=CC(=S)C2)CC1. The molecular formula is C17H21N3OS. The average molecular weight is 315 g/mol. The number of hydrogen-bond donors (Lipinski definition) is 0. The van der Waals surface area contributed by atoms with E-state index >= 15 is 0 Å². The van der Waals surface area contributed by atoms with E-state index in [1.54, 1.807) is 6.20 Å². The molecule has 0 radical (unpaired) electrons. The molecule has 3 rings (SSSR count). The summed E-state index contributed by atoms with van der Waals surface area (Å²) >= 11 is 5.24. The Morgan fingerprint density at radius 2 is 2.14 bits per heavy atom. The van der Waals surface area contributed by atoms with Crippen LogP contribution in [0.2, 0.25) is 0 Å². The van der Waals surface area contributed by atoms with Gasteiger partial charge in [-0.15, -0.1) is 0 Å². The number of nitrogens with zero attached hydrogens (tertiary/aromatic N) is 3. The Kier molecular flexibility index (Phi) is 4.85. The lowest BCUT2D eigenvalue weighted by atomic mass is 10.1. The van der Waals surface area contributed by atoms with Crippen LogP contribution in [0.4, 0.5) is 5.69 Å². The van der Waals surface area contributed by atoms with Gasteiger partial charge in [-0.3, -0.25) is 0 Å². The molecule has 1 saturated heterocycles. The molecule has 0 amide bonds. The van der Waals surface area contributed by atoms with E-state index in [0.29, 0.717) is 12.3 Å². The maximum atomic E-state index is 6.03. The van der Waals surface area contributed by atoms with Gasteiger partial charge in [0.2, 0.25) is 5.88 Å². The average Bonchev–Trinajstić information content (AvgIpc) is 2.73. The molecule has 2 heterocycles. The van der Waals surface area contributed by atoms with Crippen molar-refractivity contribution in [3.8, 4) is 5.88 Å². The van der Waals surface area contributed by atoms with Crippen LogP contribution in [0.3, 0.4) is 0 Å². The monoisotopic (exact) mass is 315 g/mol. The van der Waals surface area contributed by atoms with Gasteiger partial charge in [0.1, 0.15) is 11.4 Å². The number of thiocarbonyl (C=S) groups is 1. The molecule has 0 aromatic carbocycles. The number of ether oxygens (including phenoxy) is 1. The fourth-order valence-corrected chi connectivity index (χ4v) is 2.96. The summed E-state index contributed by atoms with van der Waals surface area (Å²) in [7, 11) is 2.17. The Bertz CT molecular complexity index is 612. The number of anilines is 1. The summed E-state index contributed by atoms with van der Waals surface area (Å²) in [6.07, 6.45) is 9.44. The number of rotatable bonds is 3. The van der Waals surface area contributed by atoms with Crippen molar-refractivity contribution in [3.63, 3.8) is 0 Å². The summed E-state index contributed by atoms with van der Waals surface area (Å²) in [4.78, 5) is 10.1. The number of pyridine rings is 1. The second-order valence-electron chi connectivity index (χ2n) is 5.71. The van der Waals surface area contributed by atoms with Crippen molar-refractivity contribution in [3.05, 3.63) is 42.3 Å². The molecule has 1 fully saturated rings. The molecule has 1 aliphatic carbocycles. The minimum Gasteiger partial charge on any atom is -0.441 e. The number of aromatic nitrogens is 1. The smallest absolute Gasteiger partial charge is 0.242 e. The summed E-state index contributed by atoms with van der Waals surface area (Å²) in [5, 5.41) is 0. The van der Waals surface area contributed by atoms with Crippen molar-refractivity contribution in [2.75, 3.05) is 38.1 Å². The molecular weight excluding hydrogens is 294 g/mol. The van der Waals surface area contributed by atoms with E-state index in [2.05, 4.69) is 27.9 Å². The summed E-state index contributed by atoms with van der Waals surface area (Å²) in [5.41, 5.74) is 1.07. The predicted octanol–water partition coefficient (Wildman–Crippen LogP) is 2.82. The van der Waals surface area contributed by atoms with Gasteiger partial charge in [-0.25, -0.2) is 4.98 Å². The Morgan fingerprint density at radius 1 is 1.23 bits per heavy atom. The van der Waals surface area contributed by atoms with Gasteiger partial charge < -0.3 is 14.5 Å². The van der Waals surface area contributed by atoms with E-state index in [4.69, 9.17) is 17.0 Å². The highest BCUT2D eigenvalue weighted by atomic mass is 32.1. The van der Waals surface area contributed by atoms with Gasteiger partial charge in [0.05, 0.1) is 0 Å². The maximum absolute atomic E-state index is 6.03. The summed E-state index contributed by atoms with van der Waals surface area (Å²) < 4.78 is 6.03. The summed E-state index contributed by atoms with van der Waals surface area (Å²) in [6.45, 7) is 4.22. The first-order valence-electron chi connectivity index (χ1n) is 7.69. The van der Waals surface area contributed by atoms with Gasteiger partial charge in [-0.1, -0.05) is 18.3 Å². The van der Waals surface area contributed by atoms with Crippen molar-refractivity contribution < 1.29 is 4.74 Å². The molecule has 1 aliphatic heterocycles. The van der Waals surface area contributed by atoms with Crippen LogP contribution in [0.1, 0.15) is 12.8 Å². The number of allylic oxidation sites excluding steroid dienone is 4. The zero-order valence-electron chi connectivity index (χ0n) is 12.9. The van der Waals surface area contributed by atoms with Gasteiger partial charge in [0, 0.05) is 37.1 Å². The van der Waals surface area contributed by atoms with Gasteiger partial charge in [-0.2, -0.15) is 0 Å². The zero-order chi connectivity index (χ0) is 15.4. The minimum absolute atomic E-state index is 0.671. The zero-order valence-corrected chi connectivity index (χ0v) is 13.7. The third-order valence-electron chi connectivity index (χ3n) is 3.95. The second kappa shape index (κ2) is 7.03. The van der Waals surface area contributed by atoms with E-state index in [0.717, 1.165) is 48.9 Å². The van der Waals surface area contributed by atoms with Crippen LogP contribution in [0.5, 0.6) is 5.88 Å². The molecule has 1 aromatic heterocycles. The van der Waals surface area contributed by atoms with Gasteiger partial charge in [0.15, 0.2) is 0 Å². The maximum Gasteiger partial charge on any atom is 0.242 e. The highest BCUT2D eigenvalue weighted by Gasteiger charge is 2.18. The van der Waals surface area contributed by atoms with E-state index in [1.165, 1.54) is 0 Å². The largest absolute Gasteiger partial charge is 0.441 e. The van der Waals surface area contributed by atoms with Crippen LogP contribution in [0, 0.1) is 0 Å². The Balaban J connectivity index is 1.79. The minimum atomic E-state index is 0.671. The van der Waals surface area contributed by atoms with Crippen LogP contribution in [0.15, 0.2) is 42.3 Å². The fourth-order valence-electron chi connectivity index (χ4n) is 2.74. The Hall–Kier alpha value is -1.72. The van der Waals surface area contributed by atoms with Gasteiger partial charge in [-0.05, 0) is 44.3 Å². The van der Waals surface area contributed by atoms with Crippen LogP contribution < -0.4 is 9.64 Å². The lowest BCUT2D eigenvalue weighted by Crippen LogP contribution is -2.29. The first-order chi connectivity index (χ1) is 10.7. The molecule has 1 aromatic rings. The molecule has 0 atom stereocenters. The first kappa shape index (κ1) is 15.2. The van der Waals surface area contributed by atoms with Crippen LogP contribution in [-0.2, 0) is 0 Å². The quantitative estimate of drug-likeness (QED) is 0.800. The van der Waals surface area contributed by atoms with Crippen molar-refractivity contribution >= 4 is 22.8 Å². The van der Waals surface area contributed by atoms with Crippen molar-refractivity contribution in [1.82, 2.24) is 9.88 Å². The molecule has 0 unspecified atom stereocenters. The van der Waals surface area contributed by atoms with E-state index in [1.807, 2.05) is 24.3 Å². The molecule has 0 spiro atoms. The summed E-state index contributed by atoms with van der Waals surface area (Å²) in [6, 6.07) is 4.06. The highest BCUT2D eigenvalue weighted by Crippen LogP contribution is 2.29. The third kappa shape index (κ3) is 3.72. The lowest BCUT2D eigenvalue weighted by molar-refractivity contribution is 0.359. The van der Waals surface area contributed by atoms with Crippen LogP contribution in [0.25, 0.3) is 0 Å². The van der Waals surface area contributed by atoms with Gasteiger partial charge >= 0.3 is 0 Å². The lowest BCUT2D eigenvalue weighted by Gasteiger charge is -2.25. The van der Waals surface area contributed by atoms with E-state index in [9.17, 15) is 0 Å². The van der Waals surface area contributed by atoms with Crippen LogP contribution >= 0.6 is 12.2 Å². The highest BCUT2D eigenvalue weighted by molar-refractivity contribution is 7.80. The predicted molar refractivity (Wildman–Crippen MR) is 93.6 cm³/mol. The van der Waals surface area contributed by atoms with Crippen molar-refractivity contribution in [2.24, 2.45) is 0 Å². The molecule has 0 bridgehead atoms.